The number of aromatic nitrogens is 1. The molecular formula is C23H17FN2O2. The zero-order valence-electron chi connectivity index (χ0n) is 14.9. The molecule has 0 aliphatic heterocycles. The fourth-order valence-electron chi connectivity index (χ4n) is 3.14. The highest BCUT2D eigenvalue weighted by molar-refractivity contribution is 6.04. The minimum atomic E-state index is -0.373. The summed E-state index contributed by atoms with van der Waals surface area (Å²) < 4.78 is 14.5. The van der Waals surface area contributed by atoms with E-state index in [0.717, 1.165) is 16.3 Å². The summed E-state index contributed by atoms with van der Waals surface area (Å²) >= 11 is 0. The average Bonchev–Trinajstić information content (AvgIpc) is 2.71. The van der Waals surface area contributed by atoms with E-state index in [1.807, 2.05) is 42.5 Å². The number of pyridine rings is 1. The van der Waals surface area contributed by atoms with Gasteiger partial charge in [-0.15, -0.1) is 0 Å². The lowest BCUT2D eigenvalue weighted by atomic mass is 10.0. The van der Waals surface area contributed by atoms with Crippen LogP contribution in [0, 0.1) is 5.82 Å². The number of anilines is 1. The van der Waals surface area contributed by atoms with Crippen LogP contribution in [0.4, 0.5) is 10.1 Å². The van der Waals surface area contributed by atoms with E-state index in [2.05, 4.69) is 5.32 Å². The van der Waals surface area contributed by atoms with Crippen LogP contribution >= 0.6 is 0 Å². The Bertz CT molecular complexity index is 1210. The molecule has 4 nitrogen and oxygen atoms in total. The minimum Gasteiger partial charge on any atom is -0.322 e. The largest absolute Gasteiger partial charge is 0.322 e. The van der Waals surface area contributed by atoms with Crippen molar-refractivity contribution in [1.29, 1.82) is 0 Å². The van der Waals surface area contributed by atoms with Gasteiger partial charge in [-0.1, -0.05) is 42.5 Å². The van der Waals surface area contributed by atoms with Gasteiger partial charge < -0.3 is 9.88 Å². The molecule has 1 amide bonds. The SMILES string of the molecule is O=C(Nc1ccc(F)cc1)c1ccc(=O)n(Cc2cccc3ccccc23)c1. The van der Waals surface area contributed by atoms with Crippen molar-refractivity contribution in [2.45, 2.75) is 6.54 Å². The van der Waals surface area contributed by atoms with Gasteiger partial charge in [-0.25, -0.2) is 4.39 Å². The summed E-state index contributed by atoms with van der Waals surface area (Å²) in [6.07, 6.45) is 1.54. The molecule has 0 atom stereocenters. The molecule has 0 aliphatic carbocycles. The highest BCUT2D eigenvalue weighted by atomic mass is 19.1. The van der Waals surface area contributed by atoms with Crippen molar-refractivity contribution in [1.82, 2.24) is 4.57 Å². The molecule has 0 unspecified atom stereocenters. The van der Waals surface area contributed by atoms with Crippen LogP contribution in [-0.2, 0) is 6.54 Å². The summed E-state index contributed by atoms with van der Waals surface area (Å²) in [5.41, 5.74) is 1.64. The maximum Gasteiger partial charge on any atom is 0.257 e. The minimum absolute atomic E-state index is 0.189. The van der Waals surface area contributed by atoms with E-state index in [9.17, 15) is 14.0 Å². The predicted octanol–water partition coefficient (Wildman–Crippen LogP) is 4.44. The molecule has 0 bridgehead atoms. The Balaban J connectivity index is 1.62. The van der Waals surface area contributed by atoms with Crippen molar-refractivity contribution in [2.75, 3.05) is 5.32 Å². The van der Waals surface area contributed by atoms with Gasteiger partial charge >= 0.3 is 0 Å². The summed E-state index contributed by atoms with van der Waals surface area (Å²) in [6.45, 7) is 0.359. The number of nitrogens with one attached hydrogen (secondary N) is 1. The summed E-state index contributed by atoms with van der Waals surface area (Å²) in [7, 11) is 0. The molecule has 0 radical (unpaired) electrons. The molecule has 3 aromatic carbocycles. The molecule has 1 heterocycles. The van der Waals surface area contributed by atoms with Gasteiger partial charge in [0, 0.05) is 18.0 Å². The van der Waals surface area contributed by atoms with E-state index in [0.29, 0.717) is 17.8 Å². The van der Waals surface area contributed by atoms with E-state index in [4.69, 9.17) is 0 Å². The first-order valence-corrected chi connectivity index (χ1v) is 8.84. The van der Waals surface area contributed by atoms with E-state index < -0.39 is 0 Å². The van der Waals surface area contributed by atoms with Gasteiger partial charge in [0.1, 0.15) is 5.82 Å². The number of amides is 1. The lowest BCUT2D eigenvalue weighted by Crippen LogP contribution is -2.22. The van der Waals surface area contributed by atoms with Crippen LogP contribution in [0.15, 0.2) is 89.9 Å². The van der Waals surface area contributed by atoms with E-state index in [1.165, 1.54) is 41.0 Å². The maximum atomic E-state index is 13.0. The van der Waals surface area contributed by atoms with Crippen LogP contribution in [0.1, 0.15) is 15.9 Å². The molecule has 0 saturated carbocycles. The molecule has 0 spiro atoms. The molecule has 0 fully saturated rings. The molecule has 138 valence electrons. The van der Waals surface area contributed by atoms with Gasteiger partial charge in [0.15, 0.2) is 0 Å². The van der Waals surface area contributed by atoms with Crippen molar-refractivity contribution in [2.24, 2.45) is 0 Å². The molecule has 1 N–H and O–H groups in total. The first kappa shape index (κ1) is 17.7. The Kier molecular flexibility index (Phi) is 4.72. The molecule has 4 aromatic rings. The molecule has 4 rings (SSSR count). The third kappa shape index (κ3) is 3.69. The Hall–Kier alpha value is -3.73. The van der Waals surface area contributed by atoms with Crippen molar-refractivity contribution < 1.29 is 9.18 Å². The number of hydrogen-bond donors (Lipinski definition) is 1. The van der Waals surface area contributed by atoms with Crippen LogP contribution in [0.2, 0.25) is 0 Å². The quantitative estimate of drug-likeness (QED) is 0.576. The number of halogens is 1. The van der Waals surface area contributed by atoms with Crippen LogP contribution in [0.3, 0.4) is 0 Å². The van der Waals surface area contributed by atoms with Gasteiger partial charge in [0.25, 0.3) is 11.5 Å². The van der Waals surface area contributed by atoms with Crippen LogP contribution in [0.25, 0.3) is 10.8 Å². The van der Waals surface area contributed by atoms with E-state index in [-0.39, 0.29) is 17.3 Å². The first-order chi connectivity index (χ1) is 13.6. The zero-order chi connectivity index (χ0) is 19.5. The standard InChI is InChI=1S/C23H17FN2O2/c24-19-9-11-20(12-10-19)25-23(28)18-8-13-22(27)26(15-18)14-17-6-3-5-16-4-1-2-7-21(16)17/h1-13,15H,14H2,(H,25,28). The maximum absolute atomic E-state index is 13.0. The van der Waals surface area contributed by atoms with Crippen molar-refractivity contribution in [3.05, 3.63) is 112 Å². The van der Waals surface area contributed by atoms with Crippen LogP contribution < -0.4 is 10.9 Å². The zero-order valence-corrected chi connectivity index (χ0v) is 14.9. The third-order valence-corrected chi connectivity index (χ3v) is 4.57. The number of nitrogens with zero attached hydrogens (tertiary/aromatic N) is 1. The fourth-order valence-corrected chi connectivity index (χ4v) is 3.14. The van der Waals surface area contributed by atoms with Gasteiger partial charge in [0.2, 0.25) is 0 Å². The second kappa shape index (κ2) is 7.48. The lowest BCUT2D eigenvalue weighted by Gasteiger charge is -2.11. The number of carbonyl (C=O) groups is 1. The smallest absolute Gasteiger partial charge is 0.257 e. The number of benzene rings is 3. The normalized spacial score (nSPS) is 10.8. The number of fused-ring (bicyclic) bond motifs is 1. The Labute approximate surface area is 160 Å². The van der Waals surface area contributed by atoms with Gasteiger partial charge in [-0.2, -0.15) is 0 Å². The third-order valence-electron chi connectivity index (χ3n) is 4.57. The van der Waals surface area contributed by atoms with Gasteiger partial charge in [-0.3, -0.25) is 9.59 Å². The van der Waals surface area contributed by atoms with Crippen LogP contribution in [0.5, 0.6) is 0 Å². The molecule has 0 aliphatic rings. The van der Waals surface area contributed by atoms with Crippen molar-refractivity contribution in [3.8, 4) is 0 Å². The summed E-state index contributed by atoms with van der Waals surface area (Å²) in [4.78, 5) is 24.8. The molecule has 5 heteroatoms. The highest BCUT2D eigenvalue weighted by Crippen LogP contribution is 2.19. The lowest BCUT2D eigenvalue weighted by molar-refractivity contribution is 0.102. The Morgan fingerprint density at radius 1 is 0.893 bits per heavy atom. The number of carbonyl (C=O) groups excluding carboxylic acids is 1. The monoisotopic (exact) mass is 372 g/mol. The summed E-state index contributed by atoms with van der Waals surface area (Å²) in [5, 5.41) is 4.87. The Morgan fingerprint density at radius 2 is 1.64 bits per heavy atom. The molecule has 0 saturated heterocycles. The number of hydrogen-bond acceptors (Lipinski definition) is 2. The Morgan fingerprint density at radius 3 is 2.46 bits per heavy atom. The topological polar surface area (TPSA) is 51.1 Å². The van der Waals surface area contributed by atoms with Gasteiger partial charge in [0.05, 0.1) is 12.1 Å². The van der Waals surface area contributed by atoms with E-state index in [1.54, 1.807) is 6.20 Å². The van der Waals surface area contributed by atoms with Crippen LogP contribution in [-0.4, -0.2) is 10.5 Å². The molecular weight excluding hydrogens is 355 g/mol. The highest BCUT2D eigenvalue weighted by Gasteiger charge is 2.10. The van der Waals surface area contributed by atoms with Gasteiger partial charge in [-0.05, 0) is 46.7 Å². The molecule has 28 heavy (non-hydrogen) atoms. The second-order valence-corrected chi connectivity index (χ2v) is 6.48. The van der Waals surface area contributed by atoms with E-state index >= 15 is 0 Å². The second-order valence-electron chi connectivity index (χ2n) is 6.48. The average molecular weight is 372 g/mol. The first-order valence-electron chi connectivity index (χ1n) is 8.84. The van der Waals surface area contributed by atoms with Crippen molar-refractivity contribution in [3.63, 3.8) is 0 Å². The summed E-state index contributed by atoms with van der Waals surface area (Å²) in [6, 6.07) is 22.3. The fraction of sp³-hybridized carbons (Fsp3) is 0.0435. The van der Waals surface area contributed by atoms with Crippen molar-refractivity contribution >= 4 is 22.4 Å². The number of rotatable bonds is 4. The summed E-state index contributed by atoms with van der Waals surface area (Å²) in [5.74, 6) is -0.736. The predicted molar refractivity (Wildman–Crippen MR) is 108 cm³/mol. The molecule has 1 aromatic heterocycles.